The Morgan fingerprint density at radius 2 is 1.07 bits per heavy atom. The summed E-state index contributed by atoms with van der Waals surface area (Å²) in [5, 5.41) is 1.92. The van der Waals surface area contributed by atoms with Crippen LogP contribution < -0.4 is 5.84 Å². The van der Waals surface area contributed by atoms with E-state index in [1.165, 1.54) is 0 Å². The molecule has 0 aliphatic carbocycles. The number of hydrogen-bond donors (Lipinski definition) is 1. The van der Waals surface area contributed by atoms with E-state index in [0.717, 1.165) is 39.0 Å². The van der Waals surface area contributed by atoms with Crippen LogP contribution in [-0.2, 0) is 0 Å². The van der Waals surface area contributed by atoms with Crippen LogP contribution in [0.5, 0.6) is 0 Å². The van der Waals surface area contributed by atoms with Gasteiger partial charge in [-0.1, -0.05) is 0 Å². The molecule has 0 aliphatic heterocycles. The summed E-state index contributed by atoms with van der Waals surface area (Å²) in [4.78, 5) is 4.38. The number of hydrogen-bond acceptors (Lipinski definition) is 4. The van der Waals surface area contributed by atoms with E-state index < -0.39 is 0 Å². The Morgan fingerprint density at radius 3 is 1.36 bits per heavy atom. The zero-order valence-electron chi connectivity index (χ0n) is 10.2. The fraction of sp³-hybridized carbons (Fsp3) is 1.00. The largest absolute Gasteiger partial charge is 0.309 e. The fourth-order valence-electron chi connectivity index (χ4n) is 1.29. The Kier molecular flexibility index (Phi) is 8.08. The lowest BCUT2D eigenvalue weighted by Crippen LogP contribution is -2.35. The quantitative estimate of drug-likeness (QED) is 0.446. The number of rotatable bonds is 8. The molecule has 0 fully saturated rings. The molecule has 0 bridgehead atoms. The minimum Gasteiger partial charge on any atom is -0.309 e. The predicted molar refractivity (Wildman–Crippen MR) is 62.1 cm³/mol. The van der Waals surface area contributed by atoms with Gasteiger partial charge < -0.3 is 9.80 Å². The first-order valence-corrected chi connectivity index (χ1v) is 5.31. The maximum atomic E-state index is 5.84. The van der Waals surface area contributed by atoms with Gasteiger partial charge in [-0.15, -0.1) is 0 Å². The lowest BCUT2D eigenvalue weighted by atomic mass is 10.3. The van der Waals surface area contributed by atoms with Gasteiger partial charge in [0.1, 0.15) is 0 Å². The normalized spacial score (nSPS) is 12.0. The van der Waals surface area contributed by atoms with Gasteiger partial charge in [-0.25, -0.2) is 5.01 Å². The standard InChI is InChI=1S/C10H26N4/c1-12(2)7-5-9-14(11)10-6-8-13(3)4/h5-11H2,1-4H3. The first-order valence-electron chi connectivity index (χ1n) is 5.31. The van der Waals surface area contributed by atoms with Crippen LogP contribution in [0, 0.1) is 0 Å². The van der Waals surface area contributed by atoms with Gasteiger partial charge in [-0.3, -0.25) is 5.84 Å². The summed E-state index contributed by atoms with van der Waals surface area (Å²) in [5.41, 5.74) is 0. The number of hydrazine groups is 1. The van der Waals surface area contributed by atoms with Crippen molar-refractivity contribution < 1.29 is 0 Å². The third-order valence-electron chi connectivity index (χ3n) is 2.10. The highest BCUT2D eigenvalue weighted by molar-refractivity contribution is 4.53. The van der Waals surface area contributed by atoms with Crippen molar-refractivity contribution in [2.24, 2.45) is 5.84 Å². The molecule has 0 unspecified atom stereocenters. The Labute approximate surface area is 88.6 Å². The van der Waals surface area contributed by atoms with Crippen molar-refractivity contribution in [2.45, 2.75) is 12.8 Å². The second kappa shape index (κ2) is 8.17. The highest BCUT2D eigenvalue weighted by atomic mass is 15.4. The van der Waals surface area contributed by atoms with Crippen molar-refractivity contribution in [3.05, 3.63) is 0 Å². The summed E-state index contributed by atoms with van der Waals surface area (Å²) in [5.74, 6) is 5.84. The summed E-state index contributed by atoms with van der Waals surface area (Å²) < 4.78 is 0. The van der Waals surface area contributed by atoms with Gasteiger partial charge in [-0.2, -0.15) is 0 Å². The lowest BCUT2D eigenvalue weighted by molar-refractivity contribution is 0.246. The molecule has 14 heavy (non-hydrogen) atoms. The van der Waals surface area contributed by atoms with Gasteiger partial charge in [0.05, 0.1) is 0 Å². The molecule has 4 heteroatoms. The zero-order valence-corrected chi connectivity index (χ0v) is 10.2. The van der Waals surface area contributed by atoms with E-state index in [4.69, 9.17) is 5.84 Å². The number of nitrogens with two attached hydrogens (primary N) is 1. The highest BCUT2D eigenvalue weighted by Crippen LogP contribution is 1.90. The molecule has 0 aromatic carbocycles. The topological polar surface area (TPSA) is 35.7 Å². The SMILES string of the molecule is CN(C)CCCN(N)CCCN(C)C. The average Bonchev–Trinajstić information content (AvgIpc) is 2.02. The average molecular weight is 202 g/mol. The second-order valence-corrected chi connectivity index (χ2v) is 4.35. The third kappa shape index (κ3) is 9.92. The van der Waals surface area contributed by atoms with Crippen LogP contribution in [0.4, 0.5) is 0 Å². The van der Waals surface area contributed by atoms with Crippen molar-refractivity contribution in [3.63, 3.8) is 0 Å². The van der Waals surface area contributed by atoms with Crippen molar-refractivity contribution >= 4 is 0 Å². The van der Waals surface area contributed by atoms with Crippen LogP contribution in [0.1, 0.15) is 12.8 Å². The van der Waals surface area contributed by atoms with E-state index in [1.54, 1.807) is 0 Å². The molecule has 0 rings (SSSR count). The van der Waals surface area contributed by atoms with E-state index in [1.807, 2.05) is 5.01 Å². The molecule has 0 aromatic rings. The van der Waals surface area contributed by atoms with Crippen LogP contribution in [0.2, 0.25) is 0 Å². The lowest BCUT2D eigenvalue weighted by Gasteiger charge is -2.18. The molecule has 0 amide bonds. The molecule has 0 saturated heterocycles. The molecule has 0 atom stereocenters. The van der Waals surface area contributed by atoms with Crippen LogP contribution in [0.15, 0.2) is 0 Å². The van der Waals surface area contributed by atoms with E-state index in [0.29, 0.717) is 0 Å². The van der Waals surface area contributed by atoms with E-state index in [2.05, 4.69) is 38.0 Å². The summed E-state index contributed by atoms with van der Waals surface area (Å²) >= 11 is 0. The smallest absolute Gasteiger partial charge is 0.0140 e. The van der Waals surface area contributed by atoms with E-state index in [9.17, 15) is 0 Å². The molecule has 0 radical (unpaired) electrons. The first-order chi connectivity index (χ1) is 6.52. The molecule has 0 spiro atoms. The van der Waals surface area contributed by atoms with Gasteiger partial charge in [0.2, 0.25) is 0 Å². The first kappa shape index (κ1) is 13.8. The monoisotopic (exact) mass is 202 g/mol. The van der Waals surface area contributed by atoms with Crippen molar-refractivity contribution in [1.29, 1.82) is 0 Å². The molecule has 86 valence electrons. The fourth-order valence-corrected chi connectivity index (χ4v) is 1.29. The Hall–Kier alpha value is -0.160. The van der Waals surface area contributed by atoms with Crippen LogP contribution in [0.25, 0.3) is 0 Å². The molecule has 0 heterocycles. The molecule has 0 saturated carbocycles. The van der Waals surface area contributed by atoms with Gasteiger partial charge in [0, 0.05) is 13.1 Å². The zero-order chi connectivity index (χ0) is 11.0. The van der Waals surface area contributed by atoms with Crippen molar-refractivity contribution in [1.82, 2.24) is 14.8 Å². The minimum atomic E-state index is 0.992. The Balaban J connectivity index is 3.23. The Morgan fingerprint density at radius 1 is 0.714 bits per heavy atom. The minimum absolute atomic E-state index is 0.992. The predicted octanol–water partition coefficient (Wildman–Crippen LogP) is 0.0655. The van der Waals surface area contributed by atoms with Crippen LogP contribution in [-0.4, -0.2) is 69.2 Å². The number of nitrogens with zero attached hydrogens (tertiary/aromatic N) is 3. The van der Waals surface area contributed by atoms with Crippen LogP contribution in [0.3, 0.4) is 0 Å². The van der Waals surface area contributed by atoms with Gasteiger partial charge in [-0.05, 0) is 54.1 Å². The summed E-state index contributed by atoms with van der Waals surface area (Å²) in [6.07, 6.45) is 2.29. The highest BCUT2D eigenvalue weighted by Gasteiger charge is 1.99. The van der Waals surface area contributed by atoms with Crippen molar-refractivity contribution in [3.8, 4) is 0 Å². The summed E-state index contributed by atoms with van der Waals surface area (Å²) in [6, 6.07) is 0. The molecule has 4 nitrogen and oxygen atoms in total. The molecular weight excluding hydrogens is 176 g/mol. The van der Waals surface area contributed by atoms with Gasteiger partial charge in [0.25, 0.3) is 0 Å². The van der Waals surface area contributed by atoms with Crippen molar-refractivity contribution in [2.75, 3.05) is 54.4 Å². The summed E-state index contributed by atoms with van der Waals surface area (Å²) in [7, 11) is 8.36. The van der Waals surface area contributed by atoms with Gasteiger partial charge >= 0.3 is 0 Å². The van der Waals surface area contributed by atoms with E-state index in [-0.39, 0.29) is 0 Å². The maximum Gasteiger partial charge on any atom is 0.0140 e. The van der Waals surface area contributed by atoms with E-state index >= 15 is 0 Å². The molecule has 0 aromatic heterocycles. The molecule has 2 N–H and O–H groups in total. The third-order valence-corrected chi connectivity index (χ3v) is 2.10. The molecule has 0 aliphatic rings. The maximum absolute atomic E-state index is 5.84. The second-order valence-electron chi connectivity index (χ2n) is 4.35. The molecular formula is C10H26N4. The van der Waals surface area contributed by atoms with Gasteiger partial charge in [0.15, 0.2) is 0 Å². The summed E-state index contributed by atoms with van der Waals surface area (Å²) in [6.45, 7) is 4.21. The van der Waals surface area contributed by atoms with Crippen LogP contribution >= 0.6 is 0 Å². The Bertz CT molecular complexity index is 111.